The summed E-state index contributed by atoms with van der Waals surface area (Å²) in [7, 11) is 0. The number of rotatable bonds is 8. The summed E-state index contributed by atoms with van der Waals surface area (Å²) < 4.78 is 13.5. The molecule has 0 amide bonds. The van der Waals surface area contributed by atoms with Gasteiger partial charge >= 0.3 is 0 Å². The molecule has 20 heavy (non-hydrogen) atoms. The van der Waals surface area contributed by atoms with Gasteiger partial charge in [-0.25, -0.2) is 4.98 Å². The third kappa shape index (κ3) is 4.70. The Kier molecular flexibility index (Phi) is 6.81. The summed E-state index contributed by atoms with van der Waals surface area (Å²) in [6, 6.07) is 8.17. The first-order valence-corrected chi connectivity index (χ1v) is 12.2. The van der Waals surface area contributed by atoms with E-state index in [0.29, 0.717) is 13.2 Å². The van der Waals surface area contributed by atoms with E-state index >= 15 is 0 Å². The molecule has 0 aliphatic rings. The second-order valence-corrected chi connectivity index (χ2v) is 12.6. The fourth-order valence-electron chi connectivity index (χ4n) is 1.48. The van der Waals surface area contributed by atoms with Gasteiger partial charge in [0.1, 0.15) is 0 Å². The maximum atomic E-state index is 5.60. The maximum absolute atomic E-state index is 5.60. The highest BCUT2D eigenvalue weighted by atomic mass is 32.9. The third-order valence-electron chi connectivity index (χ3n) is 2.24. The van der Waals surface area contributed by atoms with Crippen LogP contribution in [0.2, 0.25) is 0 Å². The summed E-state index contributed by atoms with van der Waals surface area (Å²) in [5, 5.41) is 0.803. The smallest absolute Gasteiger partial charge is 0.248 e. The molecule has 2 aromatic rings. The summed E-state index contributed by atoms with van der Waals surface area (Å²) >= 11 is 10.5. The molecule has 0 fully saturated rings. The first-order chi connectivity index (χ1) is 9.67. The van der Waals surface area contributed by atoms with E-state index in [1.54, 1.807) is 34.5 Å². The average Bonchev–Trinajstić information content (AvgIpc) is 2.81. The normalized spacial score (nSPS) is 12.1. The lowest BCUT2D eigenvalue weighted by Crippen LogP contribution is -1.92. The third-order valence-corrected chi connectivity index (χ3v) is 10.5. The molecule has 110 valence electrons. The number of thioether (sulfide) groups is 1. The van der Waals surface area contributed by atoms with Gasteiger partial charge in [-0.05, 0) is 37.8 Å². The number of hydrogen-bond donors (Lipinski definition) is 0. The van der Waals surface area contributed by atoms with E-state index in [-0.39, 0.29) is 0 Å². The van der Waals surface area contributed by atoms with Gasteiger partial charge in [-0.1, -0.05) is 35.3 Å². The Morgan fingerprint density at radius 3 is 2.60 bits per heavy atom. The summed E-state index contributed by atoms with van der Waals surface area (Å²) in [5.74, 6) is 0. The largest absolute Gasteiger partial charge is 0.322 e. The number of benzene rings is 1. The predicted octanol–water partition coefficient (Wildman–Crippen LogP) is 5.38. The van der Waals surface area contributed by atoms with E-state index in [2.05, 4.69) is 11.1 Å². The molecule has 0 bridgehead atoms. The highest BCUT2D eigenvalue weighted by Crippen LogP contribution is 2.62. The number of nitrogens with zero attached hydrogens (tertiary/aromatic N) is 1. The van der Waals surface area contributed by atoms with Gasteiger partial charge in [-0.3, -0.25) is 0 Å². The van der Waals surface area contributed by atoms with Crippen molar-refractivity contribution in [1.82, 2.24) is 4.98 Å². The number of thiazole rings is 1. The summed E-state index contributed by atoms with van der Waals surface area (Å²) in [5.41, 5.74) is -1.13. The van der Waals surface area contributed by atoms with Gasteiger partial charge in [0.25, 0.3) is 0 Å². The van der Waals surface area contributed by atoms with Crippen LogP contribution in [0.25, 0.3) is 10.2 Å². The predicted molar refractivity (Wildman–Crippen MR) is 95.5 cm³/mol. The van der Waals surface area contributed by atoms with Crippen molar-refractivity contribution < 1.29 is 9.05 Å². The molecule has 1 aromatic carbocycles. The molecule has 1 aromatic heterocycles. The second-order valence-electron chi connectivity index (χ2n) is 3.62. The Morgan fingerprint density at radius 2 is 1.95 bits per heavy atom. The first-order valence-electron chi connectivity index (χ1n) is 6.19. The van der Waals surface area contributed by atoms with Gasteiger partial charge in [-0.15, -0.1) is 11.3 Å². The first kappa shape index (κ1) is 16.7. The van der Waals surface area contributed by atoms with Gasteiger partial charge in [0, 0.05) is 0 Å². The monoisotopic (exact) mass is 365 g/mol. The van der Waals surface area contributed by atoms with Gasteiger partial charge < -0.3 is 9.05 Å². The van der Waals surface area contributed by atoms with E-state index in [0.717, 1.165) is 14.9 Å². The fraction of sp³-hybridized carbons (Fsp3) is 0.417. The van der Waals surface area contributed by atoms with Crippen molar-refractivity contribution in [1.29, 1.82) is 0 Å². The Hall–Kier alpha value is 0.380. The molecule has 0 atom stereocenters. The van der Waals surface area contributed by atoms with Crippen LogP contribution in [0.5, 0.6) is 0 Å². The van der Waals surface area contributed by atoms with Crippen molar-refractivity contribution >= 4 is 62.2 Å². The minimum atomic E-state index is -2.18. The molecule has 0 saturated carbocycles. The van der Waals surface area contributed by atoms with Crippen LogP contribution in [0.15, 0.2) is 28.6 Å². The standard InChI is InChI=1S/C12H16NO2PS4/c1-3-14-16(17,15-4-2)19-9-18-12-13-10-7-5-6-8-11(10)20-12/h5-8H,3-4,9H2,1-2H3. The molecular formula is C12H16NO2PS4. The number of para-hydroxylation sites is 1. The quantitative estimate of drug-likeness (QED) is 0.355. The van der Waals surface area contributed by atoms with E-state index in [1.807, 2.05) is 32.0 Å². The van der Waals surface area contributed by atoms with Crippen molar-refractivity contribution in [3.8, 4) is 0 Å². The molecule has 2 rings (SSSR count). The van der Waals surface area contributed by atoms with Crippen LogP contribution >= 0.6 is 40.2 Å². The lowest BCUT2D eigenvalue weighted by atomic mass is 10.3. The highest BCUT2D eigenvalue weighted by Gasteiger charge is 2.19. The van der Waals surface area contributed by atoms with Crippen LogP contribution in [-0.2, 0) is 20.9 Å². The molecule has 0 saturated heterocycles. The molecule has 0 unspecified atom stereocenters. The second kappa shape index (κ2) is 8.13. The Balaban J connectivity index is 1.92. The van der Waals surface area contributed by atoms with E-state index in [4.69, 9.17) is 20.9 Å². The summed E-state index contributed by atoms with van der Waals surface area (Å²) in [6.07, 6.45) is 0. The molecule has 8 heteroatoms. The van der Waals surface area contributed by atoms with E-state index in [1.165, 1.54) is 4.70 Å². The van der Waals surface area contributed by atoms with Crippen molar-refractivity contribution in [2.45, 2.75) is 18.2 Å². The molecule has 3 nitrogen and oxygen atoms in total. The molecule has 0 N–H and O–H groups in total. The van der Waals surface area contributed by atoms with Gasteiger partial charge in [0.15, 0.2) is 4.34 Å². The number of hydrogen-bond acceptors (Lipinski definition) is 7. The minimum absolute atomic E-state index is 0.593. The average molecular weight is 366 g/mol. The van der Waals surface area contributed by atoms with E-state index in [9.17, 15) is 0 Å². The number of fused-ring (bicyclic) bond motifs is 1. The van der Waals surface area contributed by atoms with Crippen LogP contribution in [0.1, 0.15) is 13.8 Å². The van der Waals surface area contributed by atoms with Gasteiger partial charge in [0.2, 0.25) is 5.69 Å². The van der Waals surface area contributed by atoms with Crippen molar-refractivity contribution in [3.63, 3.8) is 0 Å². The van der Waals surface area contributed by atoms with Crippen LogP contribution in [0.4, 0.5) is 0 Å². The molecule has 0 aliphatic heterocycles. The van der Waals surface area contributed by atoms with E-state index < -0.39 is 5.69 Å². The highest BCUT2D eigenvalue weighted by molar-refractivity contribution is 8.69. The fourth-order valence-corrected chi connectivity index (χ4v) is 9.78. The Morgan fingerprint density at radius 1 is 1.25 bits per heavy atom. The van der Waals surface area contributed by atoms with Crippen LogP contribution in [0.3, 0.4) is 0 Å². The lowest BCUT2D eigenvalue weighted by molar-refractivity contribution is 0.280. The molecule has 0 spiro atoms. The minimum Gasteiger partial charge on any atom is -0.322 e. The van der Waals surface area contributed by atoms with Crippen LogP contribution < -0.4 is 0 Å². The SMILES string of the molecule is CCOP(=S)(OCC)SCSc1nc2ccccc2s1. The summed E-state index contributed by atoms with van der Waals surface area (Å²) in [4.78, 5) is 4.59. The zero-order valence-corrected chi connectivity index (χ0v) is 15.4. The van der Waals surface area contributed by atoms with Crippen molar-refractivity contribution in [2.24, 2.45) is 0 Å². The zero-order chi connectivity index (χ0) is 14.4. The Bertz CT molecular complexity index is 561. The maximum Gasteiger partial charge on any atom is 0.248 e. The molecule has 1 heterocycles. The summed E-state index contributed by atoms with van der Waals surface area (Å²) in [6.45, 7) is 5.08. The van der Waals surface area contributed by atoms with Crippen LogP contribution in [0, 0.1) is 0 Å². The topological polar surface area (TPSA) is 31.4 Å². The van der Waals surface area contributed by atoms with Gasteiger partial charge in [-0.2, -0.15) is 0 Å². The molecular weight excluding hydrogens is 349 g/mol. The molecule has 0 radical (unpaired) electrons. The van der Waals surface area contributed by atoms with Crippen molar-refractivity contribution in [2.75, 3.05) is 18.3 Å². The van der Waals surface area contributed by atoms with Crippen molar-refractivity contribution in [3.05, 3.63) is 24.3 Å². The Labute approximate surface area is 136 Å². The lowest BCUT2D eigenvalue weighted by Gasteiger charge is -2.19. The number of aromatic nitrogens is 1. The zero-order valence-electron chi connectivity index (χ0n) is 11.3. The van der Waals surface area contributed by atoms with Gasteiger partial charge in [0.05, 0.1) is 28.5 Å². The molecule has 0 aliphatic carbocycles. The van der Waals surface area contributed by atoms with Crippen LogP contribution in [-0.4, -0.2) is 23.3 Å².